The predicted octanol–water partition coefficient (Wildman–Crippen LogP) is 0.970. The standard InChI is InChI=1S/C11H13NO4/c1-7(9-5-4-6-16-9)10(13)12-8(2)11(14)15-3/h4-6,8H,1H2,2-3H3,(H,12,13)/t8-/m0/s1. The predicted molar refractivity (Wildman–Crippen MR) is 57.4 cm³/mol. The molecule has 1 heterocycles. The van der Waals surface area contributed by atoms with E-state index in [1.807, 2.05) is 0 Å². The fourth-order valence-electron chi connectivity index (χ4n) is 1.08. The molecule has 0 fully saturated rings. The van der Waals surface area contributed by atoms with Crippen LogP contribution in [0.2, 0.25) is 0 Å². The Morgan fingerprint density at radius 1 is 1.56 bits per heavy atom. The van der Waals surface area contributed by atoms with Crippen LogP contribution in [0.25, 0.3) is 5.57 Å². The Kier molecular flexibility index (Phi) is 3.88. The second-order valence-corrected chi connectivity index (χ2v) is 3.17. The number of hydrogen-bond donors (Lipinski definition) is 1. The number of ether oxygens (including phenoxy) is 1. The SMILES string of the molecule is C=C(C(=O)N[C@@H](C)C(=O)OC)c1ccco1. The second kappa shape index (κ2) is 5.16. The van der Waals surface area contributed by atoms with Gasteiger partial charge in [-0.1, -0.05) is 6.58 Å². The molecular formula is C11H13NO4. The van der Waals surface area contributed by atoms with Crippen LogP contribution in [0, 0.1) is 0 Å². The highest BCUT2D eigenvalue weighted by molar-refractivity contribution is 6.18. The van der Waals surface area contributed by atoms with Gasteiger partial charge in [0.2, 0.25) is 0 Å². The van der Waals surface area contributed by atoms with Crippen molar-refractivity contribution in [1.29, 1.82) is 0 Å². The minimum Gasteiger partial charge on any atom is -0.467 e. The summed E-state index contributed by atoms with van der Waals surface area (Å²) in [5, 5.41) is 2.45. The third kappa shape index (κ3) is 2.73. The van der Waals surface area contributed by atoms with E-state index in [1.54, 1.807) is 12.1 Å². The number of esters is 1. The summed E-state index contributed by atoms with van der Waals surface area (Å²) < 4.78 is 9.48. The molecule has 0 unspecified atom stereocenters. The van der Waals surface area contributed by atoms with Gasteiger partial charge in [0.15, 0.2) is 0 Å². The van der Waals surface area contributed by atoms with Gasteiger partial charge < -0.3 is 14.5 Å². The highest BCUT2D eigenvalue weighted by Gasteiger charge is 2.19. The maximum absolute atomic E-state index is 11.6. The first-order chi connectivity index (χ1) is 7.56. The van der Waals surface area contributed by atoms with Crippen LogP contribution < -0.4 is 5.32 Å². The van der Waals surface area contributed by atoms with Crippen molar-refractivity contribution in [3.05, 3.63) is 30.7 Å². The average molecular weight is 223 g/mol. The fourth-order valence-corrected chi connectivity index (χ4v) is 1.08. The summed E-state index contributed by atoms with van der Waals surface area (Å²) >= 11 is 0. The normalized spacial score (nSPS) is 11.6. The zero-order chi connectivity index (χ0) is 12.1. The third-order valence-electron chi connectivity index (χ3n) is 2.00. The zero-order valence-corrected chi connectivity index (χ0v) is 9.15. The van der Waals surface area contributed by atoms with Crippen LogP contribution in [0.1, 0.15) is 12.7 Å². The van der Waals surface area contributed by atoms with E-state index >= 15 is 0 Å². The monoisotopic (exact) mass is 223 g/mol. The number of rotatable bonds is 4. The number of hydrogen-bond acceptors (Lipinski definition) is 4. The summed E-state index contributed by atoms with van der Waals surface area (Å²) in [5.41, 5.74) is 0.167. The van der Waals surface area contributed by atoms with E-state index < -0.39 is 17.9 Å². The van der Waals surface area contributed by atoms with Crippen molar-refractivity contribution in [2.75, 3.05) is 7.11 Å². The number of nitrogens with one attached hydrogen (secondary N) is 1. The molecule has 5 heteroatoms. The molecule has 0 saturated heterocycles. The number of methoxy groups -OCH3 is 1. The largest absolute Gasteiger partial charge is 0.467 e. The Morgan fingerprint density at radius 3 is 2.75 bits per heavy atom. The van der Waals surface area contributed by atoms with Gasteiger partial charge in [-0.2, -0.15) is 0 Å². The molecule has 0 saturated carbocycles. The highest BCUT2D eigenvalue weighted by Crippen LogP contribution is 2.12. The number of furan rings is 1. The average Bonchev–Trinajstić information content (AvgIpc) is 2.79. The molecule has 5 nitrogen and oxygen atoms in total. The Labute approximate surface area is 93.1 Å². The molecule has 0 spiro atoms. The Balaban J connectivity index is 2.60. The molecule has 0 radical (unpaired) electrons. The number of carbonyl (C=O) groups excluding carboxylic acids is 2. The lowest BCUT2D eigenvalue weighted by Gasteiger charge is -2.11. The smallest absolute Gasteiger partial charge is 0.328 e. The lowest BCUT2D eigenvalue weighted by atomic mass is 10.2. The maximum atomic E-state index is 11.6. The molecule has 0 aliphatic carbocycles. The topological polar surface area (TPSA) is 68.5 Å². The van der Waals surface area contributed by atoms with Gasteiger partial charge in [0.1, 0.15) is 11.8 Å². The maximum Gasteiger partial charge on any atom is 0.328 e. The minimum absolute atomic E-state index is 0.167. The molecule has 1 rings (SSSR count). The summed E-state index contributed by atoms with van der Waals surface area (Å²) in [7, 11) is 1.26. The van der Waals surface area contributed by atoms with E-state index in [0.29, 0.717) is 5.76 Å². The van der Waals surface area contributed by atoms with Crippen LogP contribution in [-0.2, 0) is 14.3 Å². The summed E-state index contributed by atoms with van der Waals surface area (Å²) in [6.07, 6.45) is 1.44. The summed E-state index contributed by atoms with van der Waals surface area (Å²) in [6, 6.07) is 2.55. The van der Waals surface area contributed by atoms with Gasteiger partial charge in [0.25, 0.3) is 5.91 Å². The summed E-state index contributed by atoms with van der Waals surface area (Å²) in [5.74, 6) is -0.608. The van der Waals surface area contributed by atoms with Crippen molar-refractivity contribution in [2.24, 2.45) is 0 Å². The van der Waals surface area contributed by atoms with E-state index in [9.17, 15) is 9.59 Å². The Bertz CT molecular complexity index is 394. The van der Waals surface area contributed by atoms with Crippen LogP contribution in [0.3, 0.4) is 0 Å². The molecule has 86 valence electrons. The lowest BCUT2D eigenvalue weighted by Crippen LogP contribution is -2.39. The fraction of sp³-hybridized carbons (Fsp3) is 0.273. The zero-order valence-electron chi connectivity index (χ0n) is 9.15. The molecule has 1 aromatic heterocycles. The lowest BCUT2D eigenvalue weighted by molar-refractivity contribution is -0.143. The van der Waals surface area contributed by atoms with Crippen LogP contribution in [0.4, 0.5) is 0 Å². The van der Waals surface area contributed by atoms with E-state index in [-0.39, 0.29) is 5.57 Å². The molecule has 0 aliphatic heterocycles. The quantitative estimate of drug-likeness (QED) is 0.610. The van der Waals surface area contributed by atoms with Gasteiger partial charge in [-0.3, -0.25) is 4.79 Å². The molecule has 1 atom stereocenters. The van der Waals surface area contributed by atoms with Crippen LogP contribution in [0.5, 0.6) is 0 Å². The molecule has 1 aromatic rings. The Morgan fingerprint density at radius 2 is 2.25 bits per heavy atom. The van der Waals surface area contributed by atoms with Crippen molar-refractivity contribution in [3.63, 3.8) is 0 Å². The first-order valence-corrected chi connectivity index (χ1v) is 4.67. The molecular weight excluding hydrogens is 210 g/mol. The van der Waals surface area contributed by atoms with Gasteiger partial charge in [0, 0.05) is 0 Å². The highest BCUT2D eigenvalue weighted by atomic mass is 16.5. The minimum atomic E-state index is -0.718. The molecule has 0 bridgehead atoms. The van der Waals surface area contributed by atoms with Crippen molar-refractivity contribution in [1.82, 2.24) is 5.32 Å². The van der Waals surface area contributed by atoms with E-state index in [1.165, 1.54) is 20.3 Å². The van der Waals surface area contributed by atoms with Crippen LogP contribution >= 0.6 is 0 Å². The Hall–Kier alpha value is -2.04. The molecule has 0 aromatic carbocycles. The first kappa shape index (κ1) is 12.0. The van der Waals surface area contributed by atoms with Crippen LogP contribution in [-0.4, -0.2) is 25.0 Å². The molecule has 1 N–H and O–H groups in total. The second-order valence-electron chi connectivity index (χ2n) is 3.17. The van der Waals surface area contributed by atoms with E-state index in [4.69, 9.17) is 4.42 Å². The summed E-state index contributed by atoms with van der Waals surface area (Å²) in [4.78, 5) is 22.7. The first-order valence-electron chi connectivity index (χ1n) is 4.67. The van der Waals surface area contributed by atoms with Crippen LogP contribution in [0.15, 0.2) is 29.4 Å². The van der Waals surface area contributed by atoms with Crippen molar-refractivity contribution >= 4 is 17.4 Å². The van der Waals surface area contributed by atoms with Crippen molar-refractivity contribution < 1.29 is 18.7 Å². The van der Waals surface area contributed by atoms with Gasteiger partial charge >= 0.3 is 5.97 Å². The molecule has 1 amide bonds. The van der Waals surface area contributed by atoms with Crippen molar-refractivity contribution in [2.45, 2.75) is 13.0 Å². The van der Waals surface area contributed by atoms with Gasteiger partial charge in [0.05, 0.1) is 18.9 Å². The van der Waals surface area contributed by atoms with Gasteiger partial charge in [-0.05, 0) is 19.1 Å². The van der Waals surface area contributed by atoms with E-state index in [0.717, 1.165) is 0 Å². The molecule has 0 aliphatic rings. The number of carbonyl (C=O) groups is 2. The van der Waals surface area contributed by atoms with Crippen molar-refractivity contribution in [3.8, 4) is 0 Å². The molecule has 16 heavy (non-hydrogen) atoms. The third-order valence-corrected chi connectivity index (χ3v) is 2.00. The summed E-state index contributed by atoms with van der Waals surface area (Å²) in [6.45, 7) is 5.10. The van der Waals surface area contributed by atoms with Gasteiger partial charge in [-0.25, -0.2) is 4.79 Å². The van der Waals surface area contributed by atoms with Gasteiger partial charge in [-0.15, -0.1) is 0 Å². The number of amides is 1. The van der Waals surface area contributed by atoms with E-state index in [2.05, 4.69) is 16.6 Å².